The monoisotopic (exact) mass is 661 g/mol. The number of hydrogen-bond acceptors (Lipinski definition) is 11. The van der Waals surface area contributed by atoms with Crippen LogP contribution in [0.3, 0.4) is 0 Å². The number of anilines is 1. The summed E-state index contributed by atoms with van der Waals surface area (Å²) in [6.07, 6.45) is 4.97. The molecule has 1 saturated heterocycles. The molecule has 3 N–H and O–H groups in total. The minimum atomic E-state index is -1.84. The van der Waals surface area contributed by atoms with Gasteiger partial charge in [0.15, 0.2) is 28.7 Å². The minimum Gasteiger partial charge on any atom is -0.614 e. The van der Waals surface area contributed by atoms with Crippen molar-refractivity contribution < 1.29 is 43.2 Å². The largest absolute Gasteiger partial charge is 0.614 e. The number of rotatable bonds is 12. The molecule has 1 fully saturated rings. The highest BCUT2D eigenvalue weighted by Crippen LogP contribution is 2.36. The Bertz CT molecular complexity index is 1730. The van der Waals surface area contributed by atoms with Crippen LogP contribution in [0.15, 0.2) is 82.5 Å². The lowest BCUT2D eigenvalue weighted by Crippen LogP contribution is -2.75. The Labute approximate surface area is 268 Å². The van der Waals surface area contributed by atoms with E-state index in [1.165, 1.54) is 5.38 Å². The molecule has 1 aromatic heterocycles. The molecule has 0 bridgehead atoms. The van der Waals surface area contributed by atoms with Crippen molar-refractivity contribution in [1.82, 2.24) is 15.2 Å². The fraction of sp³-hybridized carbons (Fsp3) is 0.167. The van der Waals surface area contributed by atoms with Gasteiger partial charge in [-0.3, -0.25) is 19.3 Å². The Kier molecular flexibility index (Phi) is 9.76. The molecule has 2 aromatic carbocycles. The zero-order valence-corrected chi connectivity index (χ0v) is 25.2. The van der Waals surface area contributed by atoms with Crippen LogP contribution in [-0.4, -0.2) is 79.2 Å². The molecule has 0 radical (unpaired) electrons. The van der Waals surface area contributed by atoms with E-state index in [0.29, 0.717) is 17.5 Å². The average molecular weight is 662 g/mol. The van der Waals surface area contributed by atoms with E-state index in [9.17, 15) is 33.6 Å². The zero-order chi connectivity index (χ0) is 32.8. The summed E-state index contributed by atoms with van der Waals surface area (Å²) in [6.45, 7) is -0.721. The summed E-state index contributed by atoms with van der Waals surface area (Å²) in [4.78, 5) is 72.0. The second-order valence-corrected chi connectivity index (χ2v) is 11.9. The highest BCUT2D eigenvalue weighted by molar-refractivity contribution is 7.92. The smallest absolute Gasteiger partial charge is 0.353 e. The predicted octanol–water partition coefficient (Wildman–Crippen LogP) is 1.15. The summed E-state index contributed by atoms with van der Waals surface area (Å²) in [5, 5.41) is 18.4. The molecule has 0 saturated carbocycles. The van der Waals surface area contributed by atoms with Crippen molar-refractivity contribution in [3.63, 3.8) is 0 Å². The molecular formula is C30H23N5O9S2. The minimum absolute atomic E-state index is 0.0826. The van der Waals surface area contributed by atoms with Gasteiger partial charge in [-0.05, 0) is 22.3 Å². The van der Waals surface area contributed by atoms with Gasteiger partial charge in [-0.2, -0.15) is 0 Å². The topological polar surface area (TPSA) is 200 Å². The Balaban J connectivity index is 1.33. The Morgan fingerprint density at radius 3 is 2.43 bits per heavy atom. The van der Waals surface area contributed by atoms with E-state index >= 15 is 0 Å². The lowest BCUT2D eigenvalue weighted by atomic mass is 10.0. The van der Waals surface area contributed by atoms with Crippen LogP contribution in [0.25, 0.3) is 0 Å². The SMILES string of the molecule is C#CC1=C(C(=O)O)N2C(=O)C(NC(=O)C(=NOCC(=O)OC(c3ccccc3)c3ccccc3)c3csc(NC=O)n3)[C@@H]2[S+]([O-])C1. The lowest BCUT2D eigenvalue weighted by Gasteiger charge is -2.48. The van der Waals surface area contributed by atoms with Gasteiger partial charge < -0.3 is 29.9 Å². The molecule has 3 atom stereocenters. The number of aliphatic carboxylic acids is 1. The first-order valence-electron chi connectivity index (χ1n) is 13.3. The number of ether oxygens (including phenoxy) is 1. The molecule has 46 heavy (non-hydrogen) atoms. The first-order valence-corrected chi connectivity index (χ1v) is 15.6. The second kappa shape index (κ2) is 14.1. The summed E-state index contributed by atoms with van der Waals surface area (Å²) < 4.78 is 18.6. The van der Waals surface area contributed by atoms with E-state index in [2.05, 4.69) is 26.7 Å². The summed E-state index contributed by atoms with van der Waals surface area (Å²) in [5.74, 6) is -2.30. The Morgan fingerprint density at radius 1 is 1.20 bits per heavy atom. The van der Waals surface area contributed by atoms with E-state index in [1.54, 1.807) is 48.5 Å². The number of nitrogens with one attached hydrogen (secondary N) is 2. The fourth-order valence-electron chi connectivity index (χ4n) is 4.70. The number of hydrogen-bond donors (Lipinski definition) is 3. The summed E-state index contributed by atoms with van der Waals surface area (Å²) in [5.41, 5.74) is 0.252. The molecule has 3 heterocycles. The molecule has 3 aromatic rings. The molecule has 2 aliphatic rings. The normalized spacial score (nSPS) is 19.0. The van der Waals surface area contributed by atoms with Crippen LogP contribution in [0.2, 0.25) is 0 Å². The lowest BCUT2D eigenvalue weighted by molar-refractivity contribution is -0.153. The van der Waals surface area contributed by atoms with E-state index in [-0.39, 0.29) is 22.2 Å². The second-order valence-electron chi connectivity index (χ2n) is 9.56. The highest BCUT2D eigenvalue weighted by Gasteiger charge is 2.61. The number of benzene rings is 2. The Hall–Kier alpha value is -5.50. The molecule has 234 valence electrons. The molecular weight excluding hydrogens is 638 g/mol. The third-order valence-electron chi connectivity index (χ3n) is 6.73. The van der Waals surface area contributed by atoms with Gasteiger partial charge in [-0.1, -0.05) is 71.7 Å². The number of thiazole rings is 1. The molecule has 14 nitrogen and oxygen atoms in total. The number of aromatic nitrogens is 1. The molecule has 0 aliphatic carbocycles. The van der Waals surface area contributed by atoms with Gasteiger partial charge in [0.25, 0.3) is 11.8 Å². The van der Waals surface area contributed by atoms with Crippen LogP contribution in [0.5, 0.6) is 0 Å². The number of oxime groups is 1. The van der Waals surface area contributed by atoms with Gasteiger partial charge in [-0.15, -0.1) is 17.8 Å². The van der Waals surface area contributed by atoms with Gasteiger partial charge in [0, 0.05) is 5.38 Å². The zero-order valence-electron chi connectivity index (χ0n) is 23.5. The molecule has 2 unspecified atom stereocenters. The van der Waals surface area contributed by atoms with E-state index in [1.807, 2.05) is 12.1 Å². The highest BCUT2D eigenvalue weighted by atomic mass is 32.2. The molecule has 0 spiro atoms. The van der Waals surface area contributed by atoms with Crippen LogP contribution in [0, 0.1) is 12.3 Å². The van der Waals surface area contributed by atoms with Gasteiger partial charge >= 0.3 is 11.9 Å². The first kappa shape index (κ1) is 31.9. The van der Waals surface area contributed by atoms with Crippen molar-refractivity contribution in [2.24, 2.45) is 5.16 Å². The average Bonchev–Trinajstić information content (AvgIpc) is 3.52. The third-order valence-corrected chi connectivity index (χ3v) is 9.09. The van der Waals surface area contributed by atoms with E-state index in [4.69, 9.17) is 16.0 Å². The predicted molar refractivity (Wildman–Crippen MR) is 164 cm³/mol. The fourth-order valence-corrected chi connectivity index (χ4v) is 6.96. The standard InChI is InChI=1S/C30H23N5O9S2/c1-2-17-15-46(42)28-23(27(39)35(28)24(17)29(40)41)33-26(38)22(20-14-45-30(32-20)31-16-36)34-43-13-21(37)44-25(18-9-5-3-6-10-18)19-11-7-4-8-12-19/h1,3-12,14,16,23,25,28H,13,15H2,(H,33,38)(H,40,41)(H,31,32,36)/t23?,28-,46?/m0/s1. The molecule has 3 amide bonds. The van der Waals surface area contributed by atoms with Crippen molar-refractivity contribution in [3.05, 3.63) is 94.1 Å². The van der Waals surface area contributed by atoms with Crippen LogP contribution < -0.4 is 10.6 Å². The van der Waals surface area contributed by atoms with Crippen molar-refractivity contribution >= 4 is 63.5 Å². The summed E-state index contributed by atoms with van der Waals surface area (Å²) in [7, 11) is 0. The molecule has 16 heteroatoms. The maximum absolute atomic E-state index is 13.4. The number of nitrogens with zero attached hydrogens (tertiary/aromatic N) is 3. The van der Waals surface area contributed by atoms with Crippen LogP contribution in [-0.2, 0) is 44.7 Å². The number of carbonyl (C=O) groups is 5. The van der Waals surface area contributed by atoms with Crippen molar-refractivity contribution in [3.8, 4) is 12.3 Å². The third kappa shape index (κ3) is 6.61. The summed E-state index contributed by atoms with van der Waals surface area (Å²) in [6, 6.07) is 16.6. The number of fused-ring (bicyclic) bond motifs is 1. The van der Waals surface area contributed by atoms with Crippen LogP contribution in [0.1, 0.15) is 22.9 Å². The van der Waals surface area contributed by atoms with Crippen molar-refractivity contribution in [1.29, 1.82) is 0 Å². The van der Waals surface area contributed by atoms with Crippen molar-refractivity contribution in [2.45, 2.75) is 17.5 Å². The number of amides is 3. The maximum atomic E-state index is 13.4. The van der Waals surface area contributed by atoms with Gasteiger partial charge in [0.1, 0.15) is 11.4 Å². The van der Waals surface area contributed by atoms with Gasteiger partial charge in [0.05, 0.1) is 5.57 Å². The first-order chi connectivity index (χ1) is 22.2. The summed E-state index contributed by atoms with van der Waals surface area (Å²) >= 11 is -0.884. The number of carboxylic acids is 1. The number of β-lactam (4-membered cyclic amide) rings is 1. The van der Waals surface area contributed by atoms with Crippen LogP contribution in [0.4, 0.5) is 5.13 Å². The maximum Gasteiger partial charge on any atom is 0.353 e. The van der Waals surface area contributed by atoms with Gasteiger partial charge in [-0.25, -0.2) is 14.6 Å². The van der Waals surface area contributed by atoms with Crippen molar-refractivity contribution in [2.75, 3.05) is 17.7 Å². The number of terminal acetylenes is 1. The molecule has 5 rings (SSSR count). The number of carbonyl (C=O) groups excluding carboxylic acids is 4. The van der Waals surface area contributed by atoms with Gasteiger partial charge in [0.2, 0.25) is 18.4 Å². The number of esters is 1. The quantitative estimate of drug-likeness (QED) is 0.0481. The Morgan fingerprint density at radius 2 is 1.85 bits per heavy atom. The van der Waals surface area contributed by atoms with Crippen LogP contribution >= 0.6 is 11.3 Å². The van der Waals surface area contributed by atoms with E-state index < -0.39 is 70.5 Å². The number of carboxylic acid groups (broad SMARTS) is 1. The van der Waals surface area contributed by atoms with E-state index in [0.717, 1.165) is 16.2 Å². The molecule has 2 aliphatic heterocycles.